The summed E-state index contributed by atoms with van der Waals surface area (Å²) in [7, 11) is 0. The molecule has 0 spiro atoms. The predicted molar refractivity (Wildman–Crippen MR) is 99.7 cm³/mol. The standard InChI is InChI=1S/C20H17FN4O/c1-12(22)13-4-7-19-18(9-13)24-11-25(19)14-5-6-17(21)16(10-14)15-3-2-8-23-20(15)26/h2-12H,22H2,1H3,(H,23,26)/t12-/m1/s1. The van der Waals surface area contributed by atoms with E-state index in [-0.39, 0.29) is 22.7 Å². The number of rotatable bonds is 3. The van der Waals surface area contributed by atoms with Crippen molar-refractivity contribution in [1.29, 1.82) is 0 Å². The number of aromatic amines is 1. The average molecular weight is 348 g/mol. The Kier molecular flexibility index (Phi) is 3.89. The number of imidazole rings is 1. The van der Waals surface area contributed by atoms with E-state index in [2.05, 4.69) is 9.97 Å². The van der Waals surface area contributed by atoms with Crippen LogP contribution >= 0.6 is 0 Å². The summed E-state index contributed by atoms with van der Waals surface area (Å²) in [6.45, 7) is 1.92. The molecule has 0 unspecified atom stereocenters. The van der Waals surface area contributed by atoms with Crippen LogP contribution in [0.25, 0.3) is 27.8 Å². The molecule has 2 aromatic heterocycles. The first-order valence-corrected chi connectivity index (χ1v) is 8.25. The van der Waals surface area contributed by atoms with E-state index in [1.807, 2.05) is 29.7 Å². The quantitative estimate of drug-likeness (QED) is 0.594. The van der Waals surface area contributed by atoms with Crippen LogP contribution in [0.3, 0.4) is 0 Å². The van der Waals surface area contributed by atoms with Gasteiger partial charge in [-0.2, -0.15) is 0 Å². The smallest absolute Gasteiger partial charge is 0.255 e. The molecule has 1 atom stereocenters. The second-order valence-electron chi connectivity index (χ2n) is 6.23. The van der Waals surface area contributed by atoms with Gasteiger partial charge in [0, 0.05) is 29.1 Å². The maximum absolute atomic E-state index is 14.3. The van der Waals surface area contributed by atoms with Crippen LogP contribution in [-0.4, -0.2) is 14.5 Å². The van der Waals surface area contributed by atoms with Crippen molar-refractivity contribution in [3.63, 3.8) is 0 Å². The number of nitrogens with zero attached hydrogens (tertiary/aromatic N) is 2. The van der Waals surface area contributed by atoms with Gasteiger partial charge in [-0.15, -0.1) is 0 Å². The number of aromatic nitrogens is 3. The van der Waals surface area contributed by atoms with E-state index in [1.54, 1.807) is 30.6 Å². The van der Waals surface area contributed by atoms with Crippen molar-refractivity contribution in [1.82, 2.24) is 14.5 Å². The van der Waals surface area contributed by atoms with Gasteiger partial charge in [-0.25, -0.2) is 9.37 Å². The fraction of sp³-hybridized carbons (Fsp3) is 0.100. The molecular formula is C20H17FN4O. The fourth-order valence-electron chi connectivity index (χ4n) is 3.02. The molecule has 0 fully saturated rings. The Morgan fingerprint density at radius 2 is 2.00 bits per heavy atom. The molecule has 4 rings (SSSR count). The van der Waals surface area contributed by atoms with Gasteiger partial charge in [0.25, 0.3) is 5.56 Å². The highest BCUT2D eigenvalue weighted by Gasteiger charge is 2.12. The molecular weight excluding hydrogens is 331 g/mol. The van der Waals surface area contributed by atoms with Gasteiger partial charge in [0.05, 0.1) is 11.0 Å². The summed E-state index contributed by atoms with van der Waals surface area (Å²) in [6.07, 6.45) is 3.20. The van der Waals surface area contributed by atoms with Gasteiger partial charge in [-0.3, -0.25) is 9.36 Å². The molecule has 3 N–H and O–H groups in total. The highest BCUT2D eigenvalue weighted by Crippen LogP contribution is 2.26. The van der Waals surface area contributed by atoms with Crippen molar-refractivity contribution < 1.29 is 4.39 Å². The molecule has 0 aliphatic carbocycles. The second-order valence-corrected chi connectivity index (χ2v) is 6.23. The van der Waals surface area contributed by atoms with E-state index >= 15 is 0 Å². The molecule has 0 bridgehead atoms. The number of H-pyrrole nitrogens is 1. The topological polar surface area (TPSA) is 76.7 Å². The van der Waals surface area contributed by atoms with Crippen LogP contribution in [0, 0.1) is 5.82 Å². The Hall–Kier alpha value is -3.25. The minimum Gasteiger partial charge on any atom is -0.329 e. The summed E-state index contributed by atoms with van der Waals surface area (Å²) in [5.41, 5.74) is 9.55. The molecule has 2 aromatic carbocycles. The molecule has 26 heavy (non-hydrogen) atoms. The Labute approximate surface area is 148 Å². The minimum absolute atomic E-state index is 0.0771. The normalized spacial score (nSPS) is 12.4. The van der Waals surface area contributed by atoms with E-state index in [1.165, 1.54) is 12.3 Å². The van der Waals surface area contributed by atoms with Crippen LogP contribution in [-0.2, 0) is 0 Å². The van der Waals surface area contributed by atoms with E-state index < -0.39 is 5.82 Å². The number of halogens is 1. The third kappa shape index (κ3) is 2.70. The SMILES string of the molecule is C[C@@H](N)c1ccc2c(c1)ncn2-c1ccc(F)c(-c2ccc[nH]c2=O)c1. The number of nitrogens with two attached hydrogens (primary N) is 1. The zero-order valence-electron chi connectivity index (χ0n) is 14.1. The summed E-state index contributed by atoms with van der Waals surface area (Å²) < 4.78 is 16.2. The number of fused-ring (bicyclic) bond motifs is 1. The summed E-state index contributed by atoms with van der Waals surface area (Å²) in [4.78, 5) is 19.0. The summed E-state index contributed by atoms with van der Waals surface area (Å²) >= 11 is 0. The van der Waals surface area contributed by atoms with Crippen molar-refractivity contribution >= 4 is 11.0 Å². The van der Waals surface area contributed by atoms with Crippen LogP contribution in [0.4, 0.5) is 4.39 Å². The van der Waals surface area contributed by atoms with Crippen molar-refractivity contribution in [2.75, 3.05) is 0 Å². The lowest BCUT2D eigenvalue weighted by atomic mass is 10.1. The lowest BCUT2D eigenvalue weighted by Crippen LogP contribution is -2.08. The zero-order valence-corrected chi connectivity index (χ0v) is 14.1. The van der Waals surface area contributed by atoms with Gasteiger partial charge in [-0.05, 0) is 55.0 Å². The lowest BCUT2D eigenvalue weighted by molar-refractivity contribution is 0.630. The third-order valence-corrected chi connectivity index (χ3v) is 4.43. The Balaban J connectivity index is 1.87. The predicted octanol–water partition coefficient (Wildman–Crippen LogP) is 3.54. The first-order chi connectivity index (χ1) is 12.5. The monoisotopic (exact) mass is 348 g/mol. The highest BCUT2D eigenvalue weighted by molar-refractivity contribution is 5.79. The van der Waals surface area contributed by atoms with E-state index in [9.17, 15) is 9.18 Å². The highest BCUT2D eigenvalue weighted by atomic mass is 19.1. The van der Waals surface area contributed by atoms with Crippen molar-refractivity contribution in [3.05, 3.63) is 82.8 Å². The number of nitrogens with one attached hydrogen (secondary N) is 1. The minimum atomic E-state index is -0.450. The van der Waals surface area contributed by atoms with Crippen LogP contribution < -0.4 is 11.3 Å². The van der Waals surface area contributed by atoms with E-state index in [0.29, 0.717) is 0 Å². The molecule has 2 heterocycles. The fourth-order valence-corrected chi connectivity index (χ4v) is 3.02. The Bertz CT molecular complexity index is 1160. The number of pyridine rings is 1. The molecule has 0 radical (unpaired) electrons. The van der Waals surface area contributed by atoms with Crippen LogP contribution in [0.15, 0.2) is 65.8 Å². The zero-order chi connectivity index (χ0) is 18.3. The molecule has 4 aromatic rings. The first-order valence-electron chi connectivity index (χ1n) is 8.25. The summed E-state index contributed by atoms with van der Waals surface area (Å²) in [5, 5.41) is 0. The van der Waals surface area contributed by atoms with Crippen LogP contribution in [0.2, 0.25) is 0 Å². The van der Waals surface area contributed by atoms with Gasteiger partial charge in [-0.1, -0.05) is 6.07 Å². The van der Waals surface area contributed by atoms with Crippen LogP contribution in [0.5, 0.6) is 0 Å². The van der Waals surface area contributed by atoms with Crippen molar-refractivity contribution in [2.24, 2.45) is 5.73 Å². The number of hydrogen-bond acceptors (Lipinski definition) is 3. The molecule has 130 valence electrons. The van der Waals surface area contributed by atoms with Crippen LogP contribution in [0.1, 0.15) is 18.5 Å². The lowest BCUT2D eigenvalue weighted by Gasteiger charge is -2.09. The average Bonchev–Trinajstić information content (AvgIpc) is 3.06. The molecule has 6 heteroatoms. The van der Waals surface area contributed by atoms with E-state index in [0.717, 1.165) is 22.3 Å². The third-order valence-electron chi connectivity index (χ3n) is 4.43. The number of hydrogen-bond donors (Lipinski definition) is 2. The van der Waals surface area contributed by atoms with Gasteiger partial charge in [0.1, 0.15) is 12.1 Å². The van der Waals surface area contributed by atoms with E-state index in [4.69, 9.17) is 5.73 Å². The summed E-state index contributed by atoms with van der Waals surface area (Å²) in [5.74, 6) is -0.450. The molecule has 0 amide bonds. The largest absolute Gasteiger partial charge is 0.329 e. The molecule has 0 aliphatic heterocycles. The number of benzene rings is 2. The molecule has 0 saturated carbocycles. The van der Waals surface area contributed by atoms with Crippen molar-refractivity contribution in [2.45, 2.75) is 13.0 Å². The Morgan fingerprint density at radius 1 is 1.15 bits per heavy atom. The summed E-state index contributed by atoms with van der Waals surface area (Å²) in [6, 6.07) is 13.7. The maximum atomic E-state index is 14.3. The second kappa shape index (κ2) is 6.24. The van der Waals surface area contributed by atoms with Gasteiger partial charge in [0.2, 0.25) is 0 Å². The molecule has 0 saturated heterocycles. The maximum Gasteiger partial charge on any atom is 0.255 e. The van der Waals surface area contributed by atoms with Gasteiger partial charge >= 0.3 is 0 Å². The first kappa shape index (κ1) is 16.2. The van der Waals surface area contributed by atoms with Gasteiger partial charge in [0.15, 0.2) is 0 Å². The van der Waals surface area contributed by atoms with Crippen molar-refractivity contribution in [3.8, 4) is 16.8 Å². The van der Waals surface area contributed by atoms with Gasteiger partial charge < -0.3 is 10.7 Å². The molecule has 0 aliphatic rings. The molecule has 5 nitrogen and oxygen atoms in total. The Morgan fingerprint density at radius 3 is 2.77 bits per heavy atom.